The van der Waals surface area contributed by atoms with Crippen LogP contribution in [-0.2, 0) is 4.79 Å². The Labute approximate surface area is 68.2 Å². The number of alkyl halides is 1. The van der Waals surface area contributed by atoms with E-state index in [-0.39, 0.29) is 0 Å². The molecule has 1 N–H and O–H groups in total. The third-order valence-electron chi connectivity index (χ3n) is 1.19. The van der Waals surface area contributed by atoms with E-state index in [1.54, 1.807) is 6.92 Å². The molecule has 4 heteroatoms. The first-order chi connectivity index (χ1) is 4.06. The minimum Gasteiger partial charge on any atom is -0.480 e. The third-order valence-corrected chi connectivity index (χ3v) is 3.35. The Balaban J connectivity index is 4.09. The fourth-order valence-electron chi connectivity index (χ4n) is 0.331. The number of hydrogen-bond donors (Lipinski definition) is 2. The minimum atomic E-state index is -0.847. The fraction of sp³-hybridized carbons (Fsp3) is 0.800. The summed E-state index contributed by atoms with van der Waals surface area (Å²) < 4.78 is -0.823. The lowest BCUT2D eigenvalue weighted by Gasteiger charge is -2.16. The molecular weight excluding hydrogens is 204 g/mol. The predicted octanol–water partition coefficient (Wildman–Crippen LogP) is 1.54. The first-order valence-electron chi connectivity index (χ1n) is 2.60. The number of halogens is 1. The fourth-order valence-corrected chi connectivity index (χ4v) is 0.690. The van der Waals surface area contributed by atoms with E-state index < -0.39 is 10.3 Å². The van der Waals surface area contributed by atoms with Gasteiger partial charge in [-0.2, -0.15) is 12.6 Å². The highest BCUT2D eigenvalue weighted by atomic mass is 79.9. The average Bonchev–Trinajstić information content (AvgIpc) is 1.86. The summed E-state index contributed by atoms with van der Waals surface area (Å²) in [4.78, 5) is 10.4. The van der Waals surface area contributed by atoms with E-state index in [1.807, 2.05) is 0 Å². The van der Waals surface area contributed by atoms with Gasteiger partial charge in [-0.25, -0.2) is 0 Å². The molecule has 0 rings (SSSR count). The van der Waals surface area contributed by atoms with E-state index in [0.717, 1.165) is 0 Å². The number of carboxylic acids is 1. The van der Waals surface area contributed by atoms with E-state index in [1.165, 1.54) is 0 Å². The van der Waals surface area contributed by atoms with Crippen LogP contribution in [-0.4, -0.2) is 21.2 Å². The summed E-state index contributed by atoms with van der Waals surface area (Å²) >= 11 is 6.96. The van der Waals surface area contributed by atoms with E-state index in [9.17, 15) is 4.79 Å². The Morgan fingerprint density at radius 3 is 2.33 bits per heavy atom. The van der Waals surface area contributed by atoms with Crippen molar-refractivity contribution in [1.82, 2.24) is 0 Å². The quantitative estimate of drug-likeness (QED) is 0.551. The molecule has 0 amide bonds. The molecule has 0 aromatic rings. The third kappa shape index (κ3) is 2.18. The SMILES string of the molecule is CCC(Br)(CS)C(=O)O. The summed E-state index contributed by atoms with van der Waals surface area (Å²) in [6.45, 7) is 1.80. The molecule has 0 aromatic heterocycles. The highest BCUT2D eigenvalue weighted by Gasteiger charge is 2.31. The van der Waals surface area contributed by atoms with Gasteiger partial charge in [0.2, 0.25) is 0 Å². The Kier molecular flexibility index (Phi) is 3.58. The van der Waals surface area contributed by atoms with Crippen molar-refractivity contribution in [3.8, 4) is 0 Å². The van der Waals surface area contributed by atoms with Crippen LogP contribution in [0.25, 0.3) is 0 Å². The zero-order valence-electron chi connectivity index (χ0n) is 5.09. The maximum Gasteiger partial charge on any atom is 0.321 e. The summed E-state index contributed by atoms with van der Waals surface area (Å²) in [5.74, 6) is -0.529. The Bertz CT molecular complexity index is 112. The maximum atomic E-state index is 10.4. The van der Waals surface area contributed by atoms with E-state index in [2.05, 4.69) is 28.6 Å². The zero-order valence-corrected chi connectivity index (χ0v) is 7.58. The molecular formula is C5H9BrO2S. The normalized spacial score (nSPS) is 16.8. The van der Waals surface area contributed by atoms with Crippen molar-refractivity contribution in [3.63, 3.8) is 0 Å². The maximum absolute atomic E-state index is 10.4. The molecule has 0 saturated heterocycles. The van der Waals surface area contributed by atoms with Crippen LogP contribution in [0.4, 0.5) is 0 Å². The van der Waals surface area contributed by atoms with Crippen molar-refractivity contribution >= 4 is 34.5 Å². The number of carbonyl (C=O) groups is 1. The van der Waals surface area contributed by atoms with Crippen molar-refractivity contribution < 1.29 is 9.90 Å². The van der Waals surface area contributed by atoms with Gasteiger partial charge in [-0.15, -0.1) is 0 Å². The van der Waals surface area contributed by atoms with Crippen LogP contribution < -0.4 is 0 Å². The van der Waals surface area contributed by atoms with Gasteiger partial charge in [0.05, 0.1) is 0 Å². The number of aliphatic carboxylic acids is 1. The molecule has 0 radical (unpaired) electrons. The van der Waals surface area contributed by atoms with E-state index in [4.69, 9.17) is 5.11 Å². The molecule has 0 saturated carbocycles. The van der Waals surface area contributed by atoms with Crippen LogP contribution in [0.5, 0.6) is 0 Å². The monoisotopic (exact) mass is 212 g/mol. The van der Waals surface area contributed by atoms with Crippen LogP contribution in [0.3, 0.4) is 0 Å². The summed E-state index contributed by atoms with van der Waals surface area (Å²) in [6, 6.07) is 0. The van der Waals surface area contributed by atoms with Gasteiger partial charge in [-0.1, -0.05) is 22.9 Å². The predicted molar refractivity (Wildman–Crippen MR) is 43.4 cm³/mol. The number of thiol groups is 1. The minimum absolute atomic E-state index is 0.318. The van der Waals surface area contributed by atoms with Gasteiger partial charge in [-0.3, -0.25) is 4.79 Å². The molecule has 0 aliphatic carbocycles. The van der Waals surface area contributed by atoms with Crippen LogP contribution in [0.15, 0.2) is 0 Å². The first kappa shape index (κ1) is 9.30. The molecule has 1 unspecified atom stereocenters. The topological polar surface area (TPSA) is 37.3 Å². The van der Waals surface area contributed by atoms with Crippen molar-refractivity contribution in [1.29, 1.82) is 0 Å². The molecule has 0 fully saturated rings. The zero-order chi connectivity index (χ0) is 7.49. The Hall–Kier alpha value is 0.300. The van der Waals surface area contributed by atoms with Gasteiger partial charge in [0.1, 0.15) is 4.32 Å². The average molecular weight is 213 g/mol. The number of hydrogen-bond acceptors (Lipinski definition) is 2. The van der Waals surface area contributed by atoms with E-state index >= 15 is 0 Å². The van der Waals surface area contributed by atoms with Gasteiger partial charge in [0.25, 0.3) is 0 Å². The largest absolute Gasteiger partial charge is 0.480 e. The molecule has 9 heavy (non-hydrogen) atoms. The summed E-state index contributed by atoms with van der Waals surface area (Å²) in [5.41, 5.74) is 0. The molecule has 0 spiro atoms. The van der Waals surface area contributed by atoms with Crippen LogP contribution >= 0.6 is 28.6 Å². The Morgan fingerprint density at radius 1 is 1.89 bits per heavy atom. The van der Waals surface area contributed by atoms with Crippen molar-refractivity contribution in [2.75, 3.05) is 5.75 Å². The lowest BCUT2D eigenvalue weighted by molar-refractivity contribution is -0.139. The summed E-state index contributed by atoms with van der Waals surface area (Å²) in [7, 11) is 0. The van der Waals surface area contributed by atoms with Crippen molar-refractivity contribution in [2.45, 2.75) is 17.7 Å². The van der Waals surface area contributed by atoms with Crippen molar-refractivity contribution in [2.24, 2.45) is 0 Å². The second-order valence-electron chi connectivity index (χ2n) is 1.78. The summed E-state index contributed by atoms with van der Waals surface area (Å²) in [6.07, 6.45) is 0.547. The second-order valence-corrected chi connectivity index (χ2v) is 3.62. The lowest BCUT2D eigenvalue weighted by Crippen LogP contribution is -2.32. The molecule has 54 valence electrons. The van der Waals surface area contributed by atoms with E-state index in [0.29, 0.717) is 12.2 Å². The molecule has 0 bridgehead atoms. The van der Waals surface area contributed by atoms with Gasteiger partial charge >= 0.3 is 5.97 Å². The number of carboxylic acid groups (broad SMARTS) is 1. The van der Waals surface area contributed by atoms with Crippen LogP contribution in [0.2, 0.25) is 0 Å². The van der Waals surface area contributed by atoms with Gasteiger partial charge in [0.15, 0.2) is 0 Å². The van der Waals surface area contributed by atoms with Crippen LogP contribution in [0.1, 0.15) is 13.3 Å². The van der Waals surface area contributed by atoms with Gasteiger partial charge in [0, 0.05) is 5.75 Å². The smallest absolute Gasteiger partial charge is 0.321 e. The molecule has 0 aromatic carbocycles. The molecule has 0 aliphatic heterocycles. The molecule has 1 atom stereocenters. The molecule has 0 heterocycles. The second kappa shape index (κ2) is 3.46. The van der Waals surface area contributed by atoms with Gasteiger partial charge in [-0.05, 0) is 6.42 Å². The molecule has 2 nitrogen and oxygen atoms in total. The lowest BCUT2D eigenvalue weighted by atomic mass is 10.1. The number of rotatable bonds is 3. The summed E-state index contributed by atoms with van der Waals surface area (Å²) in [5, 5.41) is 8.54. The molecule has 0 aliphatic rings. The highest BCUT2D eigenvalue weighted by Crippen LogP contribution is 2.23. The van der Waals surface area contributed by atoms with Gasteiger partial charge < -0.3 is 5.11 Å². The highest BCUT2D eigenvalue weighted by molar-refractivity contribution is 9.10. The van der Waals surface area contributed by atoms with Crippen LogP contribution in [0, 0.1) is 0 Å². The van der Waals surface area contributed by atoms with Crippen molar-refractivity contribution in [3.05, 3.63) is 0 Å². The standard InChI is InChI=1S/C5H9BrO2S/c1-2-5(6,3-9)4(7)8/h9H,2-3H2,1H3,(H,7,8). The first-order valence-corrected chi connectivity index (χ1v) is 4.02. The Morgan fingerprint density at radius 2 is 2.33 bits per heavy atom.